The monoisotopic (exact) mass is 252 g/mol. The average molecular weight is 254 g/mol. The van der Waals surface area contributed by atoms with Crippen LogP contribution < -0.4 is 0 Å². The van der Waals surface area contributed by atoms with E-state index in [9.17, 15) is 4.39 Å². The summed E-state index contributed by atoms with van der Waals surface area (Å²) in [6, 6.07) is 2.94. The van der Waals surface area contributed by atoms with Gasteiger partial charge in [0.2, 0.25) is 0 Å². The highest BCUT2D eigenvalue weighted by Gasteiger charge is 2.05. The van der Waals surface area contributed by atoms with Crippen molar-refractivity contribution in [3.05, 3.63) is 39.6 Å². The Balaban J connectivity index is 2.89. The van der Waals surface area contributed by atoms with E-state index in [1.165, 1.54) is 6.07 Å². The van der Waals surface area contributed by atoms with Crippen LogP contribution in [-0.2, 0) is 0 Å². The second kappa shape index (κ2) is 5.59. The molecule has 0 spiro atoms. The standard InChI is InChI=1S/C10H8Cl3F/c11-4-2-1-3-7-5-8(12)10(13)9(14)6-7/h1,3,5-6H,2,4H2. The Morgan fingerprint density at radius 1 is 1.29 bits per heavy atom. The predicted octanol–water partition coefficient (Wildman–Crippen LogP) is 4.77. The van der Waals surface area contributed by atoms with Crippen molar-refractivity contribution in [2.75, 3.05) is 5.88 Å². The van der Waals surface area contributed by atoms with Crippen LogP contribution in [0.3, 0.4) is 0 Å². The zero-order valence-corrected chi connectivity index (χ0v) is 9.50. The van der Waals surface area contributed by atoms with Gasteiger partial charge in [0.05, 0.1) is 10.0 Å². The highest BCUT2D eigenvalue weighted by atomic mass is 35.5. The molecular weight excluding hydrogens is 245 g/mol. The molecule has 0 bridgehead atoms. The molecule has 0 radical (unpaired) electrons. The zero-order chi connectivity index (χ0) is 10.6. The summed E-state index contributed by atoms with van der Waals surface area (Å²) in [6.07, 6.45) is 4.35. The Hall–Kier alpha value is -0.240. The first-order valence-electron chi connectivity index (χ1n) is 4.02. The lowest BCUT2D eigenvalue weighted by molar-refractivity contribution is 0.628. The molecule has 1 aromatic rings. The number of hydrogen-bond donors (Lipinski definition) is 0. The smallest absolute Gasteiger partial charge is 0.143 e. The van der Waals surface area contributed by atoms with Gasteiger partial charge in [0, 0.05) is 5.88 Å². The fraction of sp³-hybridized carbons (Fsp3) is 0.200. The quantitative estimate of drug-likeness (QED) is 0.537. The van der Waals surface area contributed by atoms with Gasteiger partial charge < -0.3 is 0 Å². The molecule has 0 amide bonds. The van der Waals surface area contributed by atoms with Crippen LogP contribution >= 0.6 is 34.8 Å². The second-order valence-electron chi connectivity index (χ2n) is 2.68. The minimum Gasteiger partial charge on any atom is -0.205 e. The fourth-order valence-electron chi connectivity index (χ4n) is 0.954. The van der Waals surface area contributed by atoms with Crippen molar-refractivity contribution in [2.45, 2.75) is 6.42 Å². The Labute approximate surface area is 97.3 Å². The molecule has 0 aliphatic rings. The summed E-state index contributed by atoms with van der Waals surface area (Å²) in [5, 5.41) is 0.179. The third-order valence-corrected chi connectivity index (χ3v) is 2.59. The largest absolute Gasteiger partial charge is 0.205 e. The van der Waals surface area contributed by atoms with Gasteiger partial charge in [0.15, 0.2) is 0 Å². The Morgan fingerprint density at radius 3 is 2.57 bits per heavy atom. The van der Waals surface area contributed by atoms with Crippen molar-refractivity contribution in [1.29, 1.82) is 0 Å². The molecule has 0 fully saturated rings. The molecule has 0 saturated carbocycles. The van der Waals surface area contributed by atoms with Crippen molar-refractivity contribution in [1.82, 2.24) is 0 Å². The lowest BCUT2D eigenvalue weighted by Crippen LogP contribution is -1.81. The summed E-state index contributed by atoms with van der Waals surface area (Å²) in [5.74, 6) is 0.0324. The summed E-state index contributed by atoms with van der Waals surface area (Å²) in [4.78, 5) is 0. The van der Waals surface area contributed by atoms with Crippen LogP contribution in [0.1, 0.15) is 12.0 Å². The lowest BCUT2D eigenvalue weighted by atomic mass is 10.2. The molecule has 4 heteroatoms. The normalized spacial score (nSPS) is 11.1. The van der Waals surface area contributed by atoms with E-state index in [-0.39, 0.29) is 10.0 Å². The molecule has 0 atom stereocenters. The van der Waals surface area contributed by atoms with Gasteiger partial charge in [0.25, 0.3) is 0 Å². The minimum absolute atomic E-state index is 0.0406. The highest BCUT2D eigenvalue weighted by molar-refractivity contribution is 6.42. The predicted molar refractivity (Wildman–Crippen MR) is 60.8 cm³/mol. The summed E-state index contributed by atoms with van der Waals surface area (Å²) >= 11 is 16.7. The number of benzene rings is 1. The van der Waals surface area contributed by atoms with Gasteiger partial charge in [-0.3, -0.25) is 0 Å². The summed E-state index contributed by atoms with van der Waals surface area (Å²) in [5.41, 5.74) is 0.682. The Bertz CT molecular complexity index is 324. The van der Waals surface area contributed by atoms with Gasteiger partial charge >= 0.3 is 0 Å². The Morgan fingerprint density at radius 2 is 2.00 bits per heavy atom. The molecule has 0 N–H and O–H groups in total. The lowest BCUT2D eigenvalue weighted by Gasteiger charge is -1.99. The van der Waals surface area contributed by atoms with Crippen LogP contribution in [0.25, 0.3) is 6.08 Å². The highest BCUT2D eigenvalue weighted by Crippen LogP contribution is 2.26. The fourth-order valence-corrected chi connectivity index (χ4v) is 1.41. The van der Waals surface area contributed by atoms with Crippen LogP contribution in [0.15, 0.2) is 18.2 Å². The van der Waals surface area contributed by atoms with Crippen molar-refractivity contribution >= 4 is 40.9 Å². The zero-order valence-electron chi connectivity index (χ0n) is 7.24. The molecule has 0 aliphatic carbocycles. The molecule has 0 aromatic heterocycles. The van der Waals surface area contributed by atoms with E-state index >= 15 is 0 Å². The molecule has 14 heavy (non-hydrogen) atoms. The first-order valence-corrected chi connectivity index (χ1v) is 5.31. The van der Waals surface area contributed by atoms with E-state index in [0.29, 0.717) is 11.4 Å². The SMILES string of the molecule is Fc1cc(C=CCCCl)cc(Cl)c1Cl. The maximum Gasteiger partial charge on any atom is 0.143 e. The summed E-state index contributed by atoms with van der Waals surface area (Å²) in [7, 11) is 0. The summed E-state index contributed by atoms with van der Waals surface area (Å²) < 4.78 is 13.1. The van der Waals surface area contributed by atoms with E-state index in [4.69, 9.17) is 34.8 Å². The number of allylic oxidation sites excluding steroid dienone is 1. The molecule has 0 nitrogen and oxygen atoms in total. The molecule has 76 valence electrons. The van der Waals surface area contributed by atoms with Crippen LogP contribution in [-0.4, -0.2) is 5.88 Å². The Kier molecular flexibility index (Phi) is 4.73. The maximum atomic E-state index is 13.1. The third-order valence-electron chi connectivity index (χ3n) is 1.59. The molecule has 0 aliphatic heterocycles. The molecule has 0 unspecified atom stereocenters. The number of rotatable bonds is 3. The van der Waals surface area contributed by atoms with Gasteiger partial charge in [-0.1, -0.05) is 35.4 Å². The van der Waals surface area contributed by atoms with E-state index < -0.39 is 5.82 Å². The molecule has 1 aromatic carbocycles. The number of halogens is 4. The van der Waals surface area contributed by atoms with Crippen LogP contribution in [0, 0.1) is 5.82 Å². The van der Waals surface area contributed by atoms with Gasteiger partial charge in [-0.2, -0.15) is 0 Å². The van der Waals surface area contributed by atoms with Gasteiger partial charge in [0.1, 0.15) is 5.82 Å². The maximum absolute atomic E-state index is 13.1. The summed E-state index contributed by atoms with van der Waals surface area (Å²) in [6.45, 7) is 0. The van der Waals surface area contributed by atoms with Gasteiger partial charge in [-0.05, 0) is 24.1 Å². The second-order valence-corrected chi connectivity index (χ2v) is 3.84. The van der Waals surface area contributed by atoms with E-state index in [1.54, 1.807) is 12.1 Å². The van der Waals surface area contributed by atoms with Gasteiger partial charge in [-0.25, -0.2) is 4.39 Å². The number of alkyl halides is 1. The molecular formula is C10H8Cl3F. The molecule has 1 rings (SSSR count). The van der Waals surface area contributed by atoms with Crippen LogP contribution in [0.4, 0.5) is 4.39 Å². The van der Waals surface area contributed by atoms with Crippen molar-refractivity contribution < 1.29 is 4.39 Å². The number of hydrogen-bond acceptors (Lipinski definition) is 0. The minimum atomic E-state index is -0.510. The van der Waals surface area contributed by atoms with Crippen molar-refractivity contribution in [3.63, 3.8) is 0 Å². The van der Waals surface area contributed by atoms with E-state index in [0.717, 1.165) is 6.42 Å². The van der Waals surface area contributed by atoms with Gasteiger partial charge in [-0.15, -0.1) is 11.6 Å². The average Bonchev–Trinajstić information content (AvgIpc) is 2.14. The first kappa shape index (κ1) is 11.8. The van der Waals surface area contributed by atoms with E-state index in [2.05, 4.69) is 0 Å². The first-order chi connectivity index (χ1) is 6.65. The van der Waals surface area contributed by atoms with Crippen LogP contribution in [0.2, 0.25) is 10.0 Å². The third kappa shape index (κ3) is 3.16. The van der Waals surface area contributed by atoms with E-state index in [1.807, 2.05) is 6.08 Å². The van der Waals surface area contributed by atoms with Crippen molar-refractivity contribution in [2.24, 2.45) is 0 Å². The van der Waals surface area contributed by atoms with Crippen molar-refractivity contribution in [3.8, 4) is 0 Å². The topological polar surface area (TPSA) is 0 Å². The molecule has 0 saturated heterocycles. The van der Waals surface area contributed by atoms with Crippen LogP contribution in [0.5, 0.6) is 0 Å². The molecule has 0 heterocycles.